The van der Waals surface area contributed by atoms with Crippen LogP contribution in [-0.2, 0) is 9.84 Å². The standard InChI is InChI=1S/C27H38FNO3S/c1-6-8-14-27(15-9-7-2)18-33(31,32)25-19(3)16-22(29(4)5)17-23(25)24(26(27)30)20-10-12-21(28)13-11-20/h10-13,16-17,24,26,30H,6-9,14-15,18H2,1-5H3/t24-,26-/m1/s1. The normalized spacial score (nSPS) is 21.3. The van der Waals surface area contributed by atoms with Gasteiger partial charge < -0.3 is 10.0 Å². The van der Waals surface area contributed by atoms with Crippen molar-refractivity contribution in [3.63, 3.8) is 0 Å². The molecule has 3 rings (SSSR count). The van der Waals surface area contributed by atoms with E-state index >= 15 is 0 Å². The van der Waals surface area contributed by atoms with Crippen LogP contribution in [0.15, 0.2) is 41.3 Å². The van der Waals surface area contributed by atoms with Crippen molar-refractivity contribution >= 4 is 15.5 Å². The number of benzene rings is 2. The lowest BCUT2D eigenvalue weighted by Gasteiger charge is -2.40. The summed E-state index contributed by atoms with van der Waals surface area (Å²) in [6.45, 7) is 6.01. The van der Waals surface area contributed by atoms with Crippen molar-refractivity contribution in [2.45, 2.75) is 76.2 Å². The number of halogens is 1. The number of rotatable bonds is 8. The third kappa shape index (κ3) is 5.12. The fourth-order valence-corrected chi connectivity index (χ4v) is 7.87. The number of aliphatic hydroxyl groups is 1. The minimum Gasteiger partial charge on any atom is -0.392 e. The van der Waals surface area contributed by atoms with Gasteiger partial charge in [0.25, 0.3) is 0 Å². The highest BCUT2D eigenvalue weighted by Crippen LogP contribution is 2.50. The van der Waals surface area contributed by atoms with E-state index in [4.69, 9.17) is 0 Å². The maximum atomic E-state index is 13.9. The second kappa shape index (κ2) is 10.1. The average molecular weight is 476 g/mol. The van der Waals surface area contributed by atoms with Gasteiger partial charge in [0, 0.05) is 31.1 Å². The van der Waals surface area contributed by atoms with Gasteiger partial charge in [-0.25, -0.2) is 12.8 Å². The van der Waals surface area contributed by atoms with Crippen molar-refractivity contribution < 1.29 is 17.9 Å². The molecule has 1 N–H and O–H groups in total. The van der Waals surface area contributed by atoms with Gasteiger partial charge in [0.2, 0.25) is 0 Å². The molecule has 0 saturated heterocycles. The summed E-state index contributed by atoms with van der Waals surface area (Å²) >= 11 is 0. The second-order valence-electron chi connectivity index (χ2n) is 9.88. The van der Waals surface area contributed by atoms with E-state index in [9.17, 15) is 17.9 Å². The van der Waals surface area contributed by atoms with Gasteiger partial charge in [-0.3, -0.25) is 0 Å². The van der Waals surface area contributed by atoms with Gasteiger partial charge in [0.1, 0.15) is 5.82 Å². The monoisotopic (exact) mass is 475 g/mol. The van der Waals surface area contributed by atoms with E-state index in [2.05, 4.69) is 13.8 Å². The SMILES string of the molecule is CCCCC1(CCCC)CS(=O)(=O)c2c(C)cc(N(C)C)cc2[C@@H](c2ccc(F)cc2)[C@H]1O. The van der Waals surface area contributed by atoms with Gasteiger partial charge >= 0.3 is 0 Å². The Morgan fingerprint density at radius 1 is 1.06 bits per heavy atom. The van der Waals surface area contributed by atoms with Gasteiger partial charge in [0.15, 0.2) is 9.84 Å². The number of anilines is 1. The maximum absolute atomic E-state index is 13.9. The molecule has 1 aliphatic heterocycles. The second-order valence-corrected chi connectivity index (χ2v) is 11.8. The van der Waals surface area contributed by atoms with Gasteiger partial charge in [0.05, 0.1) is 16.8 Å². The molecular weight excluding hydrogens is 437 g/mol. The molecule has 0 amide bonds. The molecule has 0 saturated carbocycles. The van der Waals surface area contributed by atoms with E-state index in [-0.39, 0.29) is 11.6 Å². The minimum atomic E-state index is -3.65. The van der Waals surface area contributed by atoms with Gasteiger partial charge in [-0.15, -0.1) is 0 Å². The summed E-state index contributed by atoms with van der Waals surface area (Å²) in [5.41, 5.74) is 2.18. The van der Waals surface area contributed by atoms with Crippen molar-refractivity contribution in [1.82, 2.24) is 0 Å². The molecule has 1 aliphatic rings. The number of sulfone groups is 1. The Hall–Kier alpha value is -1.92. The molecule has 0 aliphatic carbocycles. The van der Waals surface area contributed by atoms with Crippen molar-refractivity contribution in [2.75, 3.05) is 24.7 Å². The zero-order valence-corrected chi connectivity index (χ0v) is 21.4. The van der Waals surface area contributed by atoms with E-state index in [0.717, 1.165) is 36.9 Å². The maximum Gasteiger partial charge on any atom is 0.179 e. The van der Waals surface area contributed by atoms with Crippen LogP contribution < -0.4 is 4.90 Å². The Kier molecular flexibility index (Phi) is 7.90. The molecule has 182 valence electrons. The minimum absolute atomic E-state index is 0.0615. The molecule has 0 unspecified atom stereocenters. The first-order valence-corrected chi connectivity index (χ1v) is 13.7. The van der Waals surface area contributed by atoms with Crippen molar-refractivity contribution in [2.24, 2.45) is 5.41 Å². The topological polar surface area (TPSA) is 57.6 Å². The van der Waals surface area contributed by atoms with Crippen LogP contribution in [0.1, 0.15) is 75.0 Å². The van der Waals surface area contributed by atoms with Crippen LogP contribution in [0.25, 0.3) is 0 Å². The number of aliphatic hydroxyl groups excluding tert-OH is 1. The van der Waals surface area contributed by atoms with Crippen LogP contribution in [-0.4, -0.2) is 39.5 Å². The molecule has 2 atom stereocenters. The fourth-order valence-electron chi connectivity index (χ4n) is 5.41. The first-order valence-electron chi connectivity index (χ1n) is 12.0. The molecule has 2 aromatic rings. The Balaban J connectivity index is 2.35. The summed E-state index contributed by atoms with van der Waals surface area (Å²) in [5, 5.41) is 12.1. The van der Waals surface area contributed by atoms with E-state index in [1.165, 1.54) is 12.1 Å². The summed E-state index contributed by atoms with van der Waals surface area (Å²) in [6, 6.07) is 9.95. The average Bonchev–Trinajstić information content (AvgIpc) is 2.83. The number of fused-ring (bicyclic) bond motifs is 1. The predicted octanol–water partition coefficient (Wildman–Crippen LogP) is 5.85. The number of hydrogen-bond donors (Lipinski definition) is 1. The third-order valence-corrected chi connectivity index (χ3v) is 9.29. The van der Waals surface area contributed by atoms with Crippen LogP contribution in [0.4, 0.5) is 10.1 Å². The zero-order valence-electron chi connectivity index (χ0n) is 20.6. The van der Waals surface area contributed by atoms with E-state index in [1.54, 1.807) is 12.1 Å². The van der Waals surface area contributed by atoms with E-state index in [1.807, 2.05) is 38.1 Å². The zero-order chi connectivity index (χ0) is 24.4. The number of aryl methyl sites for hydroxylation is 1. The van der Waals surface area contributed by atoms with Crippen molar-refractivity contribution in [3.05, 3.63) is 58.9 Å². The Morgan fingerprint density at radius 3 is 2.15 bits per heavy atom. The summed E-state index contributed by atoms with van der Waals surface area (Å²) < 4.78 is 41.7. The van der Waals surface area contributed by atoms with Crippen LogP contribution in [0.2, 0.25) is 0 Å². The van der Waals surface area contributed by atoms with Crippen molar-refractivity contribution in [1.29, 1.82) is 0 Å². The summed E-state index contributed by atoms with van der Waals surface area (Å²) in [7, 11) is 0.184. The molecule has 4 nitrogen and oxygen atoms in total. The largest absolute Gasteiger partial charge is 0.392 e. The molecule has 2 aromatic carbocycles. The predicted molar refractivity (Wildman–Crippen MR) is 133 cm³/mol. The van der Waals surface area contributed by atoms with Gasteiger partial charge in [-0.1, -0.05) is 51.7 Å². The highest BCUT2D eigenvalue weighted by molar-refractivity contribution is 7.91. The smallest absolute Gasteiger partial charge is 0.179 e. The Morgan fingerprint density at radius 2 is 1.64 bits per heavy atom. The third-order valence-electron chi connectivity index (χ3n) is 7.16. The Labute approximate surface area is 198 Å². The number of hydrogen-bond acceptors (Lipinski definition) is 4. The van der Waals surface area contributed by atoms with E-state index < -0.39 is 27.3 Å². The van der Waals surface area contributed by atoms with Gasteiger partial charge in [-0.05, 0) is 60.7 Å². The first-order chi connectivity index (χ1) is 15.6. The van der Waals surface area contributed by atoms with Crippen LogP contribution in [0, 0.1) is 18.2 Å². The molecule has 1 heterocycles. The van der Waals surface area contributed by atoms with Gasteiger partial charge in [-0.2, -0.15) is 0 Å². The Bertz CT molecular complexity index is 1060. The van der Waals surface area contributed by atoms with Crippen LogP contribution >= 0.6 is 0 Å². The summed E-state index contributed by atoms with van der Waals surface area (Å²) in [6.07, 6.45) is 3.96. The van der Waals surface area contributed by atoms with Crippen molar-refractivity contribution in [3.8, 4) is 0 Å². The molecule has 33 heavy (non-hydrogen) atoms. The number of nitrogens with zero attached hydrogens (tertiary/aromatic N) is 1. The molecule has 0 radical (unpaired) electrons. The summed E-state index contributed by atoms with van der Waals surface area (Å²) in [4.78, 5) is 2.27. The number of unbranched alkanes of at least 4 members (excludes halogenated alkanes) is 2. The quantitative estimate of drug-likeness (QED) is 0.521. The fraction of sp³-hybridized carbons (Fsp3) is 0.556. The molecule has 0 aromatic heterocycles. The van der Waals surface area contributed by atoms with Crippen LogP contribution in [0.5, 0.6) is 0 Å². The first kappa shape index (κ1) is 25.7. The van der Waals surface area contributed by atoms with E-state index in [0.29, 0.717) is 28.9 Å². The van der Waals surface area contributed by atoms with Crippen LogP contribution in [0.3, 0.4) is 0 Å². The molecular formula is C27H38FNO3S. The molecule has 6 heteroatoms. The molecule has 0 spiro atoms. The lowest BCUT2D eigenvalue weighted by molar-refractivity contribution is 0.0127. The lowest BCUT2D eigenvalue weighted by Crippen LogP contribution is -2.43. The summed E-state index contributed by atoms with van der Waals surface area (Å²) in [5.74, 6) is -0.963. The highest BCUT2D eigenvalue weighted by atomic mass is 32.2. The molecule has 0 bridgehead atoms. The highest BCUT2D eigenvalue weighted by Gasteiger charge is 2.50. The molecule has 0 fully saturated rings. The lowest BCUT2D eigenvalue weighted by atomic mass is 9.68.